The van der Waals surface area contributed by atoms with Crippen LogP contribution in [0.3, 0.4) is 0 Å². The molecule has 1 aliphatic rings. The van der Waals surface area contributed by atoms with Crippen molar-refractivity contribution >= 4 is 17.6 Å². The largest absolute Gasteiger partial charge is 0.497 e. The number of rotatable bonds is 6. The maximum atomic E-state index is 14.5. The third-order valence-electron chi connectivity index (χ3n) is 5.63. The van der Waals surface area contributed by atoms with Gasteiger partial charge in [0.25, 0.3) is 11.8 Å². The summed E-state index contributed by atoms with van der Waals surface area (Å²) in [5, 5.41) is 1.89. The second-order valence-corrected chi connectivity index (χ2v) is 8.07. The monoisotopic (exact) mass is 481 g/mol. The number of benzene rings is 3. The SMILES string of the molecule is COc1ccc(CN2C(=O)[C@](NC(=O)c3ccc(C)cc3)(C(F)(F)F)N=C2c2ccccc2)cc1. The second kappa shape index (κ2) is 9.25. The minimum Gasteiger partial charge on any atom is -0.497 e. The Bertz CT molecular complexity index is 1260. The van der Waals surface area contributed by atoms with E-state index in [0.29, 0.717) is 16.9 Å². The van der Waals surface area contributed by atoms with Gasteiger partial charge in [0.1, 0.15) is 11.6 Å². The molecule has 0 aliphatic carbocycles. The molecule has 0 saturated carbocycles. The molecule has 1 N–H and O–H groups in total. The topological polar surface area (TPSA) is 71.0 Å². The van der Waals surface area contributed by atoms with Gasteiger partial charge in [0.2, 0.25) is 0 Å². The fourth-order valence-electron chi connectivity index (χ4n) is 3.70. The number of carbonyl (C=O) groups excluding carboxylic acids is 2. The first-order valence-corrected chi connectivity index (χ1v) is 10.7. The van der Waals surface area contributed by atoms with Crippen LogP contribution in [0.25, 0.3) is 0 Å². The lowest BCUT2D eigenvalue weighted by molar-refractivity contribution is -0.196. The molecule has 2 amide bonds. The Hall–Kier alpha value is -4.14. The molecule has 35 heavy (non-hydrogen) atoms. The van der Waals surface area contributed by atoms with E-state index >= 15 is 0 Å². The first-order valence-electron chi connectivity index (χ1n) is 10.7. The molecule has 9 heteroatoms. The number of nitrogens with zero attached hydrogens (tertiary/aromatic N) is 2. The zero-order valence-corrected chi connectivity index (χ0v) is 19.0. The third kappa shape index (κ3) is 4.62. The average Bonchev–Trinajstić information content (AvgIpc) is 3.13. The quantitative estimate of drug-likeness (QED) is 0.564. The van der Waals surface area contributed by atoms with E-state index in [4.69, 9.17) is 4.74 Å². The van der Waals surface area contributed by atoms with Gasteiger partial charge in [0.15, 0.2) is 0 Å². The fraction of sp³-hybridized carbons (Fsp3) is 0.192. The lowest BCUT2D eigenvalue weighted by atomic mass is 10.1. The van der Waals surface area contributed by atoms with Gasteiger partial charge in [0, 0.05) is 11.1 Å². The van der Waals surface area contributed by atoms with Gasteiger partial charge in [0.05, 0.1) is 13.7 Å². The summed E-state index contributed by atoms with van der Waals surface area (Å²) >= 11 is 0. The minimum atomic E-state index is -5.20. The van der Waals surface area contributed by atoms with Crippen molar-refractivity contribution in [1.82, 2.24) is 10.2 Å². The van der Waals surface area contributed by atoms with Gasteiger partial charge in [-0.25, -0.2) is 4.99 Å². The standard InChI is InChI=1S/C26H22F3N3O3/c1-17-8-12-20(13-9-17)23(33)31-25(26(27,28)29)24(34)32(16-18-10-14-21(35-2)15-11-18)22(30-25)19-6-4-3-5-7-19/h3-15H,16H2,1-2H3,(H,31,33)/t25-/m0/s1. The Morgan fingerprint density at radius 1 is 1.00 bits per heavy atom. The lowest BCUT2D eigenvalue weighted by Crippen LogP contribution is -2.63. The summed E-state index contributed by atoms with van der Waals surface area (Å²) in [7, 11) is 1.49. The van der Waals surface area contributed by atoms with Gasteiger partial charge in [-0.1, -0.05) is 60.2 Å². The molecular weight excluding hydrogens is 459 g/mol. The fourth-order valence-corrected chi connectivity index (χ4v) is 3.70. The first kappa shape index (κ1) is 24.0. The summed E-state index contributed by atoms with van der Waals surface area (Å²) in [6.07, 6.45) is -5.20. The molecule has 0 spiro atoms. The summed E-state index contributed by atoms with van der Waals surface area (Å²) in [5.74, 6) is -2.07. The van der Waals surface area contributed by atoms with E-state index in [2.05, 4.69) is 4.99 Å². The Balaban J connectivity index is 1.78. The highest BCUT2D eigenvalue weighted by atomic mass is 19.4. The van der Waals surface area contributed by atoms with Crippen LogP contribution in [0.1, 0.15) is 27.0 Å². The molecule has 0 fully saturated rings. The third-order valence-corrected chi connectivity index (χ3v) is 5.63. The molecule has 1 atom stereocenters. The first-order chi connectivity index (χ1) is 16.6. The smallest absolute Gasteiger partial charge is 0.442 e. The average molecular weight is 481 g/mol. The van der Waals surface area contributed by atoms with Crippen LogP contribution >= 0.6 is 0 Å². The Morgan fingerprint density at radius 2 is 1.63 bits per heavy atom. The molecule has 0 aromatic heterocycles. The van der Waals surface area contributed by atoms with E-state index in [1.807, 2.05) is 5.32 Å². The highest BCUT2D eigenvalue weighted by molar-refractivity contribution is 6.16. The molecule has 0 bridgehead atoms. The van der Waals surface area contributed by atoms with Gasteiger partial charge in [-0.15, -0.1) is 0 Å². The number of aryl methyl sites for hydroxylation is 1. The number of aliphatic imine (C=N–C) groups is 1. The maximum absolute atomic E-state index is 14.5. The molecule has 6 nitrogen and oxygen atoms in total. The minimum absolute atomic E-state index is 0.0166. The number of methoxy groups -OCH3 is 1. The summed E-state index contributed by atoms with van der Waals surface area (Å²) < 4.78 is 48.7. The Kier molecular flexibility index (Phi) is 6.34. The molecule has 3 aromatic carbocycles. The predicted octanol–water partition coefficient (Wildman–Crippen LogP) is 4.48. The van der Waals surface area contributed by atoms with Crippen molar-refractivity contribution in [2.45, 2.75) is 25.3 Å². The van der Waals surface area contributed by atoms with Crippen LogP contribution in [0.2, 0.25) is 0 Å². The van der Waals surface area contributed by atoms with E-state index < -0.39 is 23.7 Å². The molecule has 1 aliphatic heterocycles. The van der Waals surface area contributed by atoms with Gasteiger partial charge >= 0.3 is 11.8 Å². The highest BCUT2D eigenvalue weighted by Crippen LogP contribution is 2.39. The number of ether oxygens (including phenoxy) is 1. The molecule has 0 saturated heterocycles. The van der Waals surface area contributed by atoms with E-state index in [9.17, 15) is 22.8 Å². The van der Waals surface area contributed by atoms with Crippen molar-refractivity contribution < 1.29 is 27.5 Å². The van der Waals surface area contributed by atoms with Crippen LogP contribution in [0.4, 0.5) is 13.2 Å². The lowest BCUT2D eigenvalue weighted by Gasteiger charge is -2.29. The Morgan fingerprint density at radius 3 is 2.20 bits per heavy atom. The molecule has 0 radical (unpaired) electrons. The molecule has 3 aromatic rings. The predicted molar refractivity (Wildman–Crippen MR) is 124 cm³/mol. The van der Waals surface area contributed by atoms with Gasteiger partial charge in [-0.2, -0.15) is 13.2 Å². The van der Waals surface area contributed by atoms with Crippen molar-refractivity contribution in [2.24, 2.45) is 4.99 Å². The van der Waals surface area contributed by atoms with Crippen LogP contribution in [0, 0.1) is 6.92 Å². The van der Waals surface area contributed by atoms with Crippen LogP contribution in [-0.2, 0) is 11.3 Å². The molecular formula is C26H22F3N3O3. The molecule has 4 rings (SSSR count). The van der Waals surface area contributed by atoms with Crippen LogP contribution in [-0.4, -0.2) is 41.5 Å². The zero-order chi connectivity index (χ0) is 25.2. The number of carbonyl (C=O) groups is 2. The highest BCUT2D eigenvalue weighted by Gasteiger charge is 2.67. The number of hydrogen-bond donors (Lipinski definition) is 1. The van der Waals surface area contributed by atoms with Crippen molar-refractivity contribution in [1.29, 1.82) is 0 Å². The number of nitrogens with one attached hydrogen (secondary N) is 1. The molecule has 180 valence electrons. The van der Waals surface area contributed by atoms with Crippen LogP contribution in [0.5, 0.6) is 5.75 Å². The van der Waals surface area contributed by atoms with Crippen molar-refractivity contribution in [3.8, 4) is 5.75 Å². The van der Waals surface area contributed by atoms with Crippen molar-refractivity contribution in [3.63, 3.8) is 0 Å². The summed E-state index contributed by atoms with van der Waals surface area (Å²) in [4.78, 5) is 31.1. The number of hydrogen-bond acceptors (Lipinski definition) is 4. The number of alkyl halides is 3. The van der Waals surface area contributed by atoms with Crippen LogP contribution in [0.15, 0.2) is 83.9 Å². The zero-order valence-electron chi connectivity index (χ0n) is 19.0. The summed E-state index contributed by atoms with van der Waals surface area (Å²) in [6.45, 7) is 1.60. The van der Waals surface area contributed by atoms with E-state index in [0.717, 1.165) is 10.5 Å². The maximum Gasteiger partial charge on any atom is 0.442 e. The van der Waals surface area contributed by atoms with E-state index in [1.165, 1.54) is 19.2 Å². The van der Waals surface area contributed by atoms with Crippen LogP contribution < -0.4 is 10.1 Å². The molecule has 0 unspecified atom stereocenters. The van der Waals surface area contributed by atoms with Gasteiger partial charge in [-0.05, 0) is 36.8 Å². The number of amidine groups is 1. The normalized spacial score (nSPS) is 17.8. The Labute approximate surface area is 200 Å². The number of amides is 2. The number of halogens is 3. The van der Waals surface area contributed by atoms with Crippen molar-refractivity contribution in [2.75, 3.05) is 7.11 Å². The summed E-state index contributed by atoms with van der Waals surface area (Å²) in [6, 6.07) is 20.6. The van der Waals surface area contributed by atoms with Crippen molar-refractivity contribution in [3.05, 3.63) is 101 Å². The summed E-state index contributed by atoms with van der Waals surface area (Å²) in [5.41, 5.74) is -1.78. The van der Waals surface area contributed by atoms with Gasteiger partial charge < -0.3 is 10.1 Å². The molecule has 1 heterocycles. The van der Waals surface area contributed by atoms with E-state index in [-0.39, 0.29) is 17.9 Å². The van der Waals surface area contributed by atoms with Gasteiger partial charge in [-0.3, -0.25) is 14.5 Å². The van der Waals surface area contributed by atoms with E-state index in [1.54, 1.807) is 73.7 Å². The second-order valence-electron chi connectivity index (χ2n) is 8.07.